The Morgan fingerprint density at radius 2 is 1.72 bits per heavy atom. The Morgan fingerprint density at radius 3 is 2.49 bits per heavy atom. The van der Waals surface area contributed by atoms with Crippen LogP contribution in [0.5, 0.6) is 0 Å². The van der Waals surface area contributed by atoms with Gasteiger partial charge in [-0.15, -0.1) is 0 Å². The first-order chi connectivity index (χ1) is 19.1. The van der Waals surface area contributed by atoms with Crippen LogP contribution in [0.1, 0.15) is 31.4 Å². The number of benzene rings is 1. The summed E-state index contributed by atoms with van der Waals surface area (Å²) < 4.78 is 23.4. The van der Waals surface area contributed by atoms with Crippen LogP contribution < -0.4 is 4.90 Å². The second kappa shape index (κ2) is 10.1. The lowest BCUT2D eigenvalue weighted by Crippen LogP contribution is -2.60. The molecule has 3 fully saturated rings. The molecule has 11 heteroatoms. The van der Waals surface area contributed by atoms with Gasteiger partial charge in [0.25, 0.3) is 0 Å². The zero-order chi connectivity index (χ0) is 26.5. The highest BCUT2D eigenvalue weighted by molar-refractivity contribution is 5.86. The van der Waals surface area contributed by atoms with E-state index in [4.69, 9.17) is 24.7 Å². The van der Waals surface area contributed by atoms with Crippen LogP contribution in [0.2, 0.25) is 0 Å². The van der Waals surface area contributed by atoms with Gasteiger partial charge in [-0.05, 0) is 25.0 Å². The van der Waals surface area contributed by atoms with Crippen molar-refractivity contribution in [2.45, 2.75) is 44.9 Å². The van der Waals surface area contributed by atoms with E-state index in [0.29, 0.717) is 38.0 Å². The summed E-state index contributed by atoms with van der Waals surface area (Å²) in [5.41, 5.74) is 3.62. The van der Waals surface area contributed by atoms with Crippen molar-refractivity contribution < 1.29 is 9.13 Å². The molecule has 3 aromatic heterocycles. The molecule has 206 valence electrons. The van der Waals surface area contributed by atoms with Gasteiger partial charge in [0, 0.05) is 58.8 Å². The number of aromatic nitrogens is 6. The Kier molecular flexibility index (Phi) is 6.44. The smallest absolute Gasteiger partial charge is 0.239 e. The van der Waals surface area contributed by atoms with E-state index < -0.39 is 6.17 Å². The largest absolute Gasteiger partial charge is 0.378 e. The zero-order valence-corrected chi connectivity index (χ0v) is 22.8. The molecule has 39 heavy (non-hydrogen) atoms. The van der Waals surface area contributed by atoms with Crippen LogP contribution in [0, 0.1) is 0 Å². The molecule has 0 saturated carbocycles. The van der Waals surface area contributed by atoms with Crippen LogP contribution in [0.25, 0.3) is 28.1 Å². The first-order valence-electron chi connectivity index (χ1n) is 14.2. The van der Waals surface area contributed by atoms with Gasteiger partial charge in [-0.3, -0.25) is 14.4 Å². The molecule has 0 bridgehead atoms. The second-order valence-corrected chi connectivity index (χ2v) is 11.0. The molecule has 1 aromatic carbocycles. The lowest BCUT2D eigenvalue weighted by Gasteiger charge is -2.46. The highest BCUT2D eigenvalue weighted by atomic mass is 19.1. The number of likely N-dealkylation sites (tertiary alicyclic amines) is 2. The molecule has 0 unspecified atom stereocenters. The molecule has 0 amide bonds. The Morgan fingerprint density at radius 1 is 0.949 bits per heavy atom. The van der Waals surface area contributed by atoms with Crippen molar-refractivity contribution >= 4 is 28.0 Å². The maximum Gasteiger partial charge on any atom is 0.239 e. The number of piperidine rings is 1. The van der Waals surface area contributed by atoms with Gasteiger partial charge in [-0.25, -0.2) is 14.4 Å². The quantitative estimate of drug-likeness (QED) is 0.374. The highest BCUT2D eigenvalue weighted by Gasteiger charge is 2.35. The van der Waals surface area contributed by atoms with Crippen molar-refractivity contribution in [1.82, 2.24) is 38.9 Å². The number of hydrogen-bond acceptors (Lipinski definition) is 8. The third-order valence-corrected chi connectivity index (χ3v) is 8.52. The summed E-state index contributed by atoms with van der Waals surface area (Å²) in [4.78, 5) is 27.3. The molecular weight excluding hydrogens is 497 g/mol. The van der Waals surface area contributed by atoms with E-state index >= 15 is 0 Å². The third-order valence-electron chi connectivity index (χ3n) is 8.52. The minimum Gasteiger partial charge on any atom is -0.378 e. The van der Waals surface area contributed by atoms with Crippen LogP contribution in [0.4, 0.5) is 10.2 Å². The number of nitrogens with zero attached hydrogens (tertiary/aromatic N) is 9. The SMILES string of the molecule is CCc1nc2ccccc2n1-c1nc(N2CCOCC2)c2nc(CN3CC(N4CCC(F)CC4)C3)n(C)c2n1. The van der Waals surface area contributed by atoms with Crippen molar-refractivity contribution in [3.8, 4) is 5.95 Å². The van der Waals surface area contributed by atoms with Gasteiger partial charge in [-0.2, -0.15) is 9.97 Å². The molecule has 0 N–H and O–H groups in total. The number of imidazole rings is 2. The van der Waals surface area contributed by atoms with Crippen molar-refractivity contribution in [1.29, 1.82) is 0 Å². The molecule has 3 aliphatic rings. The molecule has 3 aliphatic heterocycles. The van der Waals surface area contributed by atoms with E-state index in [9.17, 15) is 4.39 Å². The normalized spacial score (nSPS) is 20.3. The number of ether oxygens (including phenoxy) is 1. The number of morpholine rings is 1. The summed E-state index contributed by atoms with van der Waals surface area (Å²) >= 11 is 0. The third kappa shape index (κ3) is 4.46. The van der Waals surface area contributed by atoms with Crippen LogP contribution in [0.15, 0.2) is 24.3 Å². The minimum atomic E-state index is -0.627. The fraction of sp³-hybridized carbons (Fsp3) is 0.571. The predicted molar refractivity (Wildman–Crippen MR) is 148 cm³/mol. The lowest BCUT2D eigenvalue weighted by atomic mass is 10.0. The van der Waals surface area contributed by atoms with Gasteiger partial charge in [-0.1, -0.05) is 19.1 Å². The van der Waals surface area contributed by atoms with Crippen molar-refractivity contribution in [2.24, 2.45) is 7.05 Å². The molecule has 4 aromatic rings. The molecule has 0 aliphatic carbocycles. The van der Waals surface area contributed by atoms with Crippen molar-refractivity contribution in [2.75, 3.05) is 57.4 Å². The summed E-state index contributed by atoms with van der Waals surface area (Å²) in [5, 5.41) is 0. The molecule has 0 atom stereocenters. The Bertz CT molecular complexity index is 1480. The summed E-state index contributed by atoms with van der Waals surface area (Å²) in [6.45, 7) is 9.48. The molecule has 6 heterocycles. The Balaban J connectivity index is 1.24. The maximum atomic E-state index is 13.6. The first-order valence-corrected chi connectivity index (χ1v) is 14.2. The summed E-state index contributed by atoms with van der Waals surface area (Å²) in [7, 11) is 2.06. The number of halogens is 1. The minimum absolute atomic E-state index is 0.518. The summed E-state index contributed by atoms with van der Waals surface area (Å²) in [6, 6.07) is 8.68. The number of aryl methyl sites for hydroxylation is 2. The fourth-order valence-corrected chi connectivity index (χ4v) is 6.19. The van der Waals surface area contributed by atoms with Gasteiger partial charge < -0.3 is 14.2 Å². The monoisotopic (exact) mass is 533 g/mol. The Hall–Kier alpha value is -3.15. The van der Waals surface area contributed by atoms with Gasteiger partial charge in [0.1, 0.15) is 17.8 Å². The lowest BCUT2D eigenvalue weighted by molar-refractivity contribution is 0.00457. The number of rotatable bonds is 6. The van der Waals surface area contributed by atoms with E-state index in [0.717, 1.165) is 91.9 Å². The van der Waals surface area contributed by atoms with Crippen LogP contribution in [0.3, 0.4) is 0 Å². The maximum absolute atomic E-state index is 13.6. The fourth-order valence-electron chi connectivity index (χ4n) is 6.19. The number of hydrogen-bond donors (Lipinski definition) is 0. The van der Waals surface area contributed by atoms with E-state index in [1.165, 1.54) is 0 Å². The topological polar surface area (TPSA) is 80.4 Å². The Labute approximate surface area is 227 Å². The number of fused-ring (bicyclic) bond motifs is 2. The molecule has 10 nitrogen and oxygen atoms in total. The van der Waals surface area contributed by atoms with Crippen LogP contribution in [-0.4, -0.2) is 104 Å². The first kappa shape index (κ1) is 24.9. The van der Waals surface area contributed by atoms with Gasteiger partial charge in [0.2, 0.25) is 5.95 Å². The second-order valence-electron chi connectivity index (χ2n) is 11.0. The van der Waals surface area contributed by atoms with E-state index in [1.807, 2.05) is 18.2 Å². The molecule has 3 saturated heterocycles. The number of para-hydroxylation sites is 2. The van der Waals surface area contributed by atoms with Gasteiger partial charge in [0.15, 0.2) is 17.0 Å². The van der Waals surface area contributed by atoms with E-state index in [-0.39, 0.29) is 0 Å². The molecule has 0 radical (unpaired) electrons. The highest BCUT2D eigenvalue weighted by Crippen LogP contribution is 2.30. The van der Waals surface area contributed by atoms with Crippen LogP contribution in [-0.2, 0) is 24.8 Å². The van der Waals surface area contributed by atoms with Gasteiger partial charge >= 0.3 is 0 Å². The summed E-state index contributed by atoms with van der Waals surface area (Å²) in [6.07, 6.45) is 1.48. The zero-order valence-electron chi connectivity index (χ0n) is 22.8. The summed E-state index contributed by atoms with van der Waals surface area (Å²) in [5.74, 6) is 3.41. The van der Waals surface area contributed by atoms with Gasteiger partial charge in [0.05, 0.1) is 30.8 Å². The average Bonchev–Trinajstić information content (AvgIpc) is 3.48. The van der Waals surface area contributed by atoms with Crippen LogP contribution >= 0.6 is 0 Å². The molecular formula is C28H36FN9O. The number of anilines is 1. The molecule has 7 rings (SSSR count). The predicted octanol–water partition coefficient (Wildman–Crippen LogP) is 2.72. The van der Waals surface area contributed by atoms with Crippen molar-refractivity contribution in [3.63, 3.8) is 0 Å². The van der Waals surface area contributed by atoms with E-state index in [1.54, 1.807) is 0 Å². The standard InChI is InChI=1S/C28H36FN9O/c1-3-23-30-21-6-4-5-7-22(21)38(23)28-32-26-25(27(33-28)37-12-14-39-15-13-37)31-24(34(26)2)18-35-16-20(17-35)36-10-8-19(29)9-11-36/h4-7,19-20H,3,8-18H2,1-2H3. The van der Waals surface area contributed by atoms with Crippen molar-refractivity contribution in [3.05, 3.63) is 35.9 Å². The average molecular weight is 534 g/mol. The van der Waals surface area contributed by atoms with E-state index in [2.05, 4.69) is 43.9 Å². The number of alkyl halides is 1. The molecule has 0 spiro atoms.